The van der Waals surface area contributed by atoms with E-state index in [-0.39, 0.29) is 10.9 Å². The number of sulfonamides is 1. The molecule has 3 rings (SSSR count). The Kier molecular flexibility index (Phi) is 3.50. The molecule has 0 saturated carbocycles. The van der Waals surface area contributed by atoms with E-state index < -0.39 is 10.0 Å². The minimum absolute atomic E-state index is 0.179. The van der Waals surface area contributed by atoms with Crippen LogP contribution in [0.1, 0.15) is 29.2 Å². The first-order valence-electron chi connectivity index (χ1n) is 6.70. The Morgan fingerprint density at radius 1 is 1.10 bits per heavy atom. The molecule has 0 heterocycles. The molecule has 0 aromatic heterocycles. The summed E-state index contributed by atoms with van der Waals surface area (Å²) in [5, 5.41) is 8.76. The molecule has 1 aliphatic rings. The van der Waals surface area contributed by atoms with Crippen LogP contribution in [0.2, 0.25) is 0 Å². The van der Waals surface area contributed by atoms with E-state index in [2.05, 4.69) is 4.72 Å². The van der Waals surface area contributed by atoms with E-state index in [1.54, 1.807) is 0 Å². The molecule has 21 heavy (non-hydrogen) atoms. The molecule has 5 heteroatoms. The first-order valence-corrected chi connectivity index (χ1v) is 8.19. The summed E-state index contributed by atoms with van der Waals surface area (Å²) in [5.41, 5.74) is 2.69. The smallest absolute Gasteiger partial charge is 0.207 e. The number of nitriles is 1. The minimum Gasteiger partial charge on any atom is -0.207 e. The quantitative estimate of drug-likeness (QED) is 0.946. The van der Waals surface area contributed by atoms with Crippen LogP contribution >= 0.6 is 0 Å². The lowest BCUT2D eigenvalue weighted by atomic mass is 10.1. The van der Waals surface area contributed by atoms with Crippen molar-refractivity contribution in [1.29, 1.82) is 5.26 Å². The summed E-state index contributed by atoms with van der Waals surface area (Å²) in [5.74, 6) is 0. The fourth-order valence-corrected chi connectivity index (χ4v) is 3.89. The average Bonchev–Trinajstić information content (AvgIpc) is 2.90. The maximum absolute atomic E-state index is 12.4. The third-order valence-electron chi connectivity index (χ3n) is 3.72. The number of benzene rings is 2. The summed E-state index contributed by atoms with van der Waals surface area (Å²) in [6.07, 6.45) is 1.66. The summed E-state index contributed by atoms with van der Waals surface area (Å²) >= 11 is 0. The van der Waals surface area contributed by atoms with Gasteiger partial charge in [-0.2, -0.15) is 5.26 Å². The lowest BCUT2D eigenvalue weighted by molar-refractivity contribution is 0.554. The fraction of sp³-hybridized carbons (Fsp3) is 0.188. The molecule has 1 aliphatic carbocycles. The van der Waals surface area contributed by atoms with Crippen LogP contribution in [0.3, 0.4) is 0 Å². The lowest BCUT2D eigenvalue weighted by Gasteiger charge is -2.14. The number of fused-ring (bicyclic) bond motifs is 1. The van der Waals surface area contributed by atoms with Gasteiger partial charge in [-0.3, -0.25) is 0 Å². The van der Waals surface area contributed by atoms with Gasteiger partial charge in [-0.05, 0) is 48.2 Å². The molecule has 1 N–H and O–H groups in total. The molecule has 0 saturated heterocycles. The lowest BCUT2D eigenvalue weighted by Crippen LogP contribution is -2.27. The second-order valence-electron chi connectivity index (χ2n) is 5.05. The van der Waals surface area contributed by atoms with E-state index >= 15 is 0 Å². The van der Waals surface area contributed by atoms with Gasteiger partial charge in [-0.15, -0.1) is 0 Å². The van der Waals surface area contributed by atoms with Crippen LogP contribution in [0.15, 0.2) is 53.4 Å². The predicted octanol–water partition coefficient (Wildman–Crippen LogP) is 2.52. The fourth-order valence-electron chi connectivity index (χ4n) is 2.64. The van der Waals surface area contributed by atoms with Gasteiger partial charge in [0, 0.05) is 6.04 Å². The van der Waals surface area contributed by atoms with E-state index in [0.29, 0.717) is 5.56 Å². The first kappa shape index (κ1) is 13.8. The number of rotatable bonds is 3. The summed E-state index contributed by atoms with van der Waals surface area (Å²) in [6, 6.07) is 15.6. The normalized spacial score (nSPS) is 17.2. The molecule has 1 atom stereocenters. The summed E-state index contributed by atoms with van der Waals surface area (Å²) in [6.45, 7) is 0. The van der Waals surface area contributed by atoms with Crippen LogP contribution in [0, 0.1) is 11.3 Å². The summed E-state index contributed by atoms with van der Waals surface area (Å²) in [7, 11) is -3.57. The maximum atomic E-state index is 12.4. The highest BCUT2D eigenvalue weighted by Gasteiger charge is 2.27. The number of hydrogen-bond donors (Lipinski definition) is 1. The van der Waals surface area contributed by atoms with Crippen LogP contribution < -0.4 is 4.72 Å². The van der Waals surface area contributed by atoms with Crippen molar-refractivity contribution >= 4 is 10.0 Å². The zero-order valence-corrected chi connectivity index (χ0v) is 12.1. The van der Waals surface area contributed by atoms with Crippen LogP contribution in [-0.2, 0) is 16.4 Å². The number of hydrogen-bond acceptors (Lipinski definition) is 3. The molecule has 0 amide bonds. The van der Waals surface area contributed by atoms with Gasteiger partial charge in [-0.1, -0.05) is 24.3 Å². The van der Waals surface area contributed by atoms with Crippen molar-refractivity contribution in [2.75, 3.05) is 0 Å². The van der Waals surface area contributed by atoms with Gasteiger partial charge in [0.05, 0.1) is 16.5 Å². The molecule has 2 aromatic rings. The third kappa shape index (κ3) is 2.68. The number of nitrogens with one attached hydrogen (secondary N) is 1. The molecule has 2 aromatic carbocycles. The molecule has 0 bridgehead atoms. The highest BCUT2D eigenvalue weighted by molar-refractivity contribution is 7.89. The zero-order valence-electron chi connectivity index (χ0n) is 11.3. The van der Waals surface area contributed by atoms with Crippen molar-refractivity contribution in [1.82, 2.24) is 4.72 Å². The Bertz CT molecular complexity index is 805. The molecule has 4 nitrogen and oxygen atoms in total. The second kappa shape index (κ2) is 5.32. The Balaban J connectivity index is 1.86. The highest BCUT2D eigenvalue weighted by atomic mass is 32.2. The van der Waals surface area contributed by atoms with Gasteiger partial charge in [0.2, 0.25) is 10.0 Å². The van der Waals surface area contributed by atoms with E-state index in [1.165, 1.54) is 29.8 Å². The van der Waals surface area contributed by atoms with Crippen LogP contribution in [0.25, 0.3) is 0 Å². The Morgan fingerprint density at radius 3 is 2.52 bits per heavy atom. The number of aryl methyl sites for hydroxylation is 1. The maximum Gasteiger partial charge on any atom is 0.241 e. The highest BCUT2D eigenvalue weighted by Crippen LogP contribution is 2.31. The molecule has 0 spiro atoms. The van der Waals surface area contributed by atoms with E-state index in [4.69, 9.17) is 5.26 Å². The van der Waals surface area contributed by atoms with Gasteiger partial charge in [0.15, 0.2) is 0 Å². The van der Waals surface area contributed by atoms with E-state index in [1.807, 2.05) is 30.3 Å². The number of nitrogens with zero attached hydrogens (tertiary/aromatic N) is 1. The Labute approximate surface area is 124 Å². The molecule has 0 aliphatic heterocycles. The van der Waals surface area contributed by atoms with E-state index in [9.17, 15) is 8.42 Å². The van der Waals surface area contributed by atoms with Crippen LogP contribution in [0.4, 0.5) is 0 Å². The zero-order chi connectivity index (χ0) is 14.9. The molecular formula is C16H14N2O2S. The van der Waals surface area contributed by atoms with Crippen molar-refractivity contribution < 1.29 is 8.42 Å². The van der Waals surface area contributed by atoms with E-state index in [0.717, 1.165) is 18.4 Å². The standard InChI is InChI=1S/C16H14N2O2S/c17-11-12-5-8-14(9-6-12)21(19,20)18-16-10-7-13-3-1-2-4-15(13)16/h1-6,8-9,16,18H,7,10H2/t16-/m0/s1. The Hall–Kier alpha value is -2.16. The third-order valence-corrected chi connectivity index (χ3v) is 5.21. The topological polar surface area (TPSA) is 70.0 Å². The van der Waals surface area contributed by atoms with Gasteiger partial charge >= 0.3 is 0 Å². The molecule has 106 valence electrons. The first-order chi connectivity index (χ1) is 10.1. The monoisotopic (exact) mass is 298 g/mol. The van der Waals surface area contributed by atoms with Gasteiger partial charge in [0.1, 0.15) is 0 Å². The average molecular weight is 298 g/mol. The van der Waals surface area contributed by atoms with Gasteiger partial charge in [0.25, 0.3) is 0 Å². The molecular weight excluding hydrogens is 284 g/mol. The molecule has 0 fully saturated rings. The summed E-state index contributed by atoms with van der Waals surface area (Å²) < 4.78 is 27.6. The van der Waals surface area contributed by atoms with Crippen molar-refractivity contribution in [3.8, 4) is 6.07 Å². The van der Waals surface area contributed by atoms with Gasteiger partial charge in [-0.25, -0.2) is 13.1 Å². The molecule has 0 unspecified atom stereocenters. The minimum atomic E-state index is -3.57. The van der Waals surface area contributed by atoms with Gasteiger partial charge < -0.3 is 0 Å². The largest absolute Gasteiger partial charge is 0.241 e. The van der Waals surface area contributed by atoms with Crippen molar-refractivity contribution in [2.24, 2.45) is 0 Å². The van der Waals surface area contributed by atoms with Crippen molar-refractivity contribution in [2.45, 2.75) is 23.8 Å². The summed E-state index contributed by atoms with van der Waals surface area (Å²) in [4.78, 5) is 0.186. The SMILES string of the molecule is N#Cc1ccc(S(=O)(=O)N[C@H]2CCc3ccccc32)cc1. The van der Waals surface area contributed by atoms with Crippen molar-refractivity contribution in [3.63, 3.8) is 0 Å². The van der Waals surface area contributed by atoms with Crippen molar-refractivity contribution in [3.05, 3.63) is 65.2 Å². The Morgan fingerprint density at radius 2 is 1.81 bits per heavy atom. The molecule has 0 radical (unpaired) electrons. The van der Waals surface area contributed by atoms with Crippen LogP contribution in [-0.4, -0.2) is 8.42 Å². The second-order valence-corrected chi connectivity index (χ2v) is 6.76. The van der Waals surface area contributed by atoms with Crippen LogP contribution in [0.5, 0.6) is 0 Å². The predicted molar refractivity (Wildman–Crippen MR) is 79.0 cm³/mol.